The molecule has 1 aliphatic carbocycles. The van der Waals surface area contributed by atoms with Crippen LogP contribution in [0.2, 0.25) is 0 Å². The quantitative estimate of drug-likeness (QED) is 0.827. The van der Waals surface area contributed by atoms with Crippen LogP contribution >= 0.6 is 0 Å². The van der Waals surface area contributed by atoms with Gasteiger partial charge in [0.05, 0.1) is 0 Å². The Hall–Kier alpha value is -1.12. The predicted octanol–water partition coefficient (Wildman–Crippen LogP) is 4.35. The van der Waals surface area contributed by atoms with Crippen LogP contribution in [0.15, 0.2) is 18.2 Å². The number of rotatable bonds is 3. The third-order valence-electron chi connectivity index (χ3n) is 3.65. The van der Waals surface area contributed by atoms with Crippen molar-refractivity contribution >= 4 is 5.69 Å². The predicted molar refractivity (Wildman–Crippen MR) is 66.0 cm³/mol. The number of benzene rings is 1. The van der Waals surface area contributed by atoms with E-state index < -0.39 is 11.6 Å². The van der Waals surface area contributed by atoms with E-state index >= 15 is 0 Å². The molecule has 1 aromatic rings. The van der Waals surface area contributed by atoms with Crippen LogP contribution in [0.4, 0.5) is 14.5 Å². The molecule has 1 aromatic carbocycles. The van der Waals surface area contributed by atoms with E-state index in [0.717, 1.165) is 18.8 Å². The molecule has 1 nitrogen and oxygen atoms in total. The second kappa shape index (κ2) is 5.48. The van der Waals surface area contributed by atoms with Gasteiger partial charge >= 0.3 is 0 Å². The zero-order chi connectivity index (χ0) is 12.3. The Morgan fingerprint density at radius 3 is 2.76 bits per heavy atom. The standard InChI is InChI=1S/C14H19F2N/c1-2-10-4-3-5-11(8-10)17-12-6-7-13(15)14(16)9-12/h6-7,9-11,17H,2-5,8H2,1H3. The molecule has 0 amide bonds. The zero-order valence-corrected chi connectivity index (χ0v) is 10.2. The molecule has 0 bridgehead atoms. The summed E-state index contributed by atoms with van der Waals surface area (Å²) in [5.74, 6) is -0.796. The number of nitrogens with one attached hydrogen (secondary N) is 1. The Morgan fingerprint density at radius 2 is 2.06 bits per heavy atom. The first-order valence-corrected chi connectivity index (χ1v) is 6.40. The van der Waals surface area contributed by atoms with E-state index in [9.17, 15) is 8.78 Å². The maximum absolute atomic E-state index is 13.1. The molecule has 1 fully saturated rings. The highest BCUT2D eigenvalue weighted by atomic mass is 19.2. The molecule has 1 aliphatic rings. The summed E-state index contributed by atoms with van der Waals surface area (Å²) in [5.41, 5.74) is 0.686. The zero-order valence-electron chi connectivity index (χ0n) is 10.2. The fourth-order valence-electron chi connectivity index (χ4n) is 2.61. The summed E-state index contributed by atoms with van der Waals surface area (Å²) in [6.07, 6.45) is 5.98. The minimum Gasteiger partial charge on any atom is -0.382 e. The van der Waals surface area contributed by atoms with Gasteiger partial charge in [-0.2, -0.15) is 0 Å². The van der Waals surface area contributed by atoms with E-state index in [2.05, 4.69) is 12.2 Å². The molecular weight excluding hydrogens is 220 g/mol. The van der Waals surface area contributed by atoms with Crippen molar-refractivity contribution in [2.24, 2.45) is 5.92 Å². The van der Waals surface area contributed by atoms with Crippen molar-refractivity contribution < 1.29 is 8.78 Å². The van der Waals surface area contributed by atoms with Crippen LogP contribution in [0.25, 0.3) is 0 Å². The second-order valence-electron chi connectivity index (χ2n) is 4.91. The van der Waals surface area contributed by atoms with Gasteiger partial charge in [0.25, 0.3) is 0 Å². The third kappa shape index (κ3) is 3.18. The monoisotopic (exact) mass is 239 g/mol. The summed E-state index contributed by atoms with van der Waals surface area (Å²) in [5, 5.41) is 3.31. The lowest BCUT2D eigenvalue weighted by Crippen LogP contribution is -2.27. The van der Waals surface area contributed by atoms with Crippen molar-refractivity contribution in [1.82, 2.24) is 0 Å². The second-order valence-corrected chi connectivity index (χ2v) is 4.91. The number of anilines is 1. The number of hydrogen-bond acceptors (Lipinski definition) is 1. The maximum Gasteiger partial charge on any atom is 0.160 e. The van der Waals surface area contributed by atoms with Crippen molar-refractivity contribution in [3.8, 4) is 0 Å². The van der Waals surface area contributed by atoms with Crippen LogP contribution in [0.1, 0.15) is 39.0 Å². The van der Waals surface area contributed by atoms with Crippen molar-refractivity contribution in [1.29, 1.82) is 0 Å². The molecule has 0 aliphatic heterocycles. The van der Waals surface area contributed by atoms with Crippen LogP contribution in [0, 0.1) is 17.6 Å². The molecule has 0 saturated heterocycles. The molecule has 2 atom stereocenters. The molecule has 2 unspecified atom stereocenters. The summed E-state index contributed by atoms with van der Waals surface area (Å²) in [6.45, 7) is 2.21. The molecular formula is C14H19F2N. The van der Waals surface area contributed by atoms with Crippen LogP contribution in [0.3, 0.4) is 0 Å². The van der Waals surface area contributed by atoms with Gasteiger partial charge in [-0.3, -0.25) is 0 Å². The molecule has 0 spiro atoms. The summed E-state index contributed by atoms with van der Waals surface area (Å²) < 4.78 is 25.9. The normalized spacial score (nSPS) is 24.6. The van der Waals surface area contributed by atoms with E-state index in [0.29, 0.717) is 11.7 Å². The molecule has 17 heavy (non-hydrogen) atoms. The van der Waals surface area contributed by atoms with Crippen LogP contribution in [-0.4, -0.2) is 6.04 Å². The van der Waals surface area contributed by atoms with Gasteiger partial charge in [-0.1, -0.05) is 26.2 Å². The summed E-state index contributed by atoms with van der Waals surface area (Å²) >= 11 is 0. The lowest BCUT2D eigenvalue weighted by molar-refractivity contribution is 0.327. The minimum absolute atomic E-state index is 0.401. The maximum atomic E-state index is 13.1. The molecule has 1 N–H and O–H groups in total. The van der Waals surface area contributed by atoms with Crippen molar-refractivity contribution in [3.05, 3.63) is 29.8 Å². The molecule has 0 aromatic heterocycles. The van der Waals surface area contributed by atoms with Gasteiger partial charge in [0.2, 0.25) is 0 Å². The Morgan fingerprint density at radius 1 is 1.24 bits per heavy atom. The highest BCUT2D eigenvalue weighted by molar-refractivity contribution is 5.44. The molecule has 0 radical (unpaired) electrons. The first kappa shape index (κ1) is 12.3. The van der Waals surface area contributed by atoms with Gasteiger partial charge in [-0.05, 0) is 30.9 Å². The van der Waals surface area contributed by atoms with Crippen LogP contribution in [-0.2, 0) is 0 Å². The number of halogens is 2. The highest BCUT2D eigenvalue weighted by Crippen LogP contribution is 2.28. The van der Waals surface area contributed by atoms with Crippen LogP contribution < -0.4 is 5.32 Å². The number of hydrogen-bond donors (Lipinski definition) is 1. The lowest BCUT2D eigenvalue weighted by atomic mass is 9.84. The first-order valence-electron chi connectivity index (χ1n) is 6.40. The fourth-order valence-corrected chi connectivity index (χ4v) is 2.61. The van der Waals surface area contributed by atoms with E-state index in [4.69, 9.17) is 0 Å². The van der Waals surface area contributed by atoms with Crippen LogP contribution in [0.5, 0.6) is 0 Å². The van der Waals surface area contributed by atoms with Gasteiger partial charge < -0.3 is 5.32 Å². The highest BCUT2D eigenvalue weighted by Gasteiger charge is 2.20. The smallest absolute Gasteiger partial charge is 0.160 e. The molecule has 3 heteroatoms. The first-order chi connectivity index (χ1) is 8.19. The average molecular weight is 239 g/mol. The van der Waals surface area contributed by atoms with E-state index in [1.54, 1.807) is 6.07 Å². The topological polar surface area (TPSA) is 12.0 Å². The van der Waals surface area contributed by atoms with Crippen molar-refractivity contribution in [2.75, 3.05) is 5.32 Å². The molecule has 1 saturated carbocycles. The third-order valence-corrected chi connectivity index (χ3v) is 3.65. The van der Waals surface area contributed by atoms with Crippen molar-refractivity contribution in [3.63, 3.8) is 0 Å². The van der Waals surface area contributed by atoms with Gasteiger partial charge in [-0.15, -0.1) is 0 Å². The average Bonchev–Trinajstić information content (AvgIpc) is 2.34. The largest absolute Gasteiger partial charge is 0.382 e. The summed E-state index contributed by atoms with van der Waals surface area (Å²) in [4.78, 5) is 0. The minimum atomic E-state index is -0.786. The summed E-state index contributed by atoms with van der Waals surface area (Å²) in [7, 11) is 0. The molecule has 0 heterocycles. The molecule has 94 valence electrons. The summed E-state index contributed by atoms with van der Waals surface area (Å²) in [6, 6.07) is 4.43. The fraction of sp³-hybridized carbons (Fsp3) is 0.571. The Kier molecular flexibility index (Phi) is 3.97. The molecule has 2 rings (SSSR count). The Bertz CT molecular complexity index is 378. The van der Waals surface area contributed by atoms with Gasteiger partial charge in [0, 0.05) is 17.8 Å². The Labute approximate surface area is 101 Å². The van der Waals surface area contributed by atoms with E-state index in [1.165, 1.54) is 31.4 Å². The van der Waals surface area contributed by atoms with Crippen molar-refractivity contribution in [2.45, 2.75) is 45.1 Å². The van der Waals surface area contributed by atoms with Gasteiger partial charge in [0.15, 0.2) is 11.6 Å². The Balaban J connectivity index is 1.97. The van der Waals surface area contributed by atoms with Gasteiger partial charge in [-0.25, -0.2) is 8.78 Å². The van der Waals surface area contributed by atoms with Gasteiger partial charge in [0.1, 0.15) is 0 Å². The van der Waals surface area contributed by atoms with E-state index in [1.807, 2.05) is 0 Å². The van der Waals surface area contributed by atoms with E-state index in [-0.39, 0.29) is 0 Å². The lowest BCUT2D eigenvalue weighted by Gasteiger charge is -2.29. The SMILES string of the molecule is CCC1CCCC(Nc2ccc(F)c(F)c2)C1.